The first-order valence-corrected chi connectivity index (χ1v) is 6.31. The number of piperidine rings is 1. The molecule has 0 aliphatic carbocycles. The molecule has 2 heterocycles. The number of nitrogens with two attached hydrogens (primary N) is 1. The van der Waals surface area contributed by atoms with Gasteiger partial charge in [0, 0.05) is 23.0 Å². The molecule has 0 saturated carbocycles. The Labute approximate surface area is 101 Å². The lowest BCUT2D eigenvalue weighted by Crippen LogP contribution is -2.42. The second kappa shape index (κ2) is 4.51. The lowest BCUT2D eigenvalue weighted by atomic mass is 9.93. The monoisotopic (exact) mass is 230 g/mol. The molecule has 2 atom stereocenters. The second-order valence-corrected chi connectivity index (χ2v) is 4.77. The predicted molar refractivity (Wildman–Crippen MR) is 68.8 cm³/mol. The molecule has 2 unspecified atom stereocenters. The van der Waals surface area contributed by atoms with E-state index in [-0.39, 0.29) is 6.04 Å². The minimum Gasteiger partial charge on any atom is -0.464 e. The summed E-state index contributed by atoms with van der Waals surface area (Å²) >= 11 is 0. The Bertz CT molecular complexity index is 500. The summed E-state index contributed by atoms with van der Waals surface area (Å²) in [5.41, 5.74) is 8.41. The van der Waals surface area contributed by atoms with Crippen molar-refractivity contribution in [2.24, 2.45) is 5.73 Å². The third-order valence-corrected chi connectivity index (χ3v) is 3.65. The normalized spacial score (nSPS) is 22.8. The van der Waals surface area contributed by atoms with Gasteiger partial charge < -0.3 is 15.5 Å². The first-order chi connectivity index (χ1) is 8.36. The number of hydrogen-bond acceptors (Lipinski definition) is 3. The molecule has 2 aromatic rings. The Hall–Kier alpha value is -1.32. The molecule has 1 fully saturated rings. The van der Waals surface area contributed by atoms with Gasteiger partial charge in [0.2, 0.25) is 0 Å². The lowest BCUT2D eigenvalue weighted by Gasteiger charge is -2.28. The van der Waals surface area contributed by atoms with Crippen LogP contribution in [0.3, 0.4) is 0 Å². The van der Waals surface area contributed by atoms with Gasteiger partial charge in [-0.2, -0.15) is 0 Å². The number of benzene rings is 1. The van der Waals surface area contributed by atoms with Crippen LogP contribution in [0.4, 0.5) is 0 Å². The van der Waals surface area contributed by atoms with Crippen LogP contribution in [0.2, 0.25) is 0 Å². The minimum atomic E-state index is 0.0268. The van der Waals surface area contributed by atoms with Gasteiger partial charge in [-0.1, -0.05) is 24.6 Å². The summed E-state index contributed by atoms with van der Waals surface area (Å²) in [7, 11) is 0. The van der Waals surface area contributed by atoms with E-state index in [2.05, 4.69) is 11.4 Å². The van der Waals surface area contributed by atoms with Crippen LogP contribution in [0.15, 0.2) is 34.9 Å². The Balaban J connectivity index is 1.92. The molecule has 3 nitrogen and oxygen atoms in total. The van der Waals surface area contributed by atoms with E-state index in [9.17, 15) is 0 Å². The largest absolute Gasteiger partial charge is 0.464 e. The molecule has 3 rings (SSSR count). The number of rotatable bonds is 2. The van der Waals surface area contributed by atoms with Crippen LogP contribution in [0.25, 0.3) is 11.0 Å². The van der Waals surface area contributed by atoms with Gasteiger partial charge in [0.1, 0.15) is 5.58 Å². The summed E-state index contributed by atoms with van der Waals surface area (Å²) in [6, 6.07) is 8.49. The summed E-state index contributed by atoms with van der Waals surface area (Å²) < 4.78 is 5.55. The lowest BCUT2D eigenvalue weighted by molar-refractivity contribution is 0.353. The molecule has 1 aliphatic heterocycles. The van der Waals surface area contributed by atoms with Crippen LogP contribution in [0.1, 0.15) is 30.9 Å². The van der Waals surface area contributed by atoms with Gasteiger partial charge in [-0.05, 0) is 25.5 Å². The van der Waals surface area contributed by atoms with E-state index in [1.165, 1.54) is 12.8 Å². The molecule has 0 radical (unpaired) electrons. The van der Waals surface area contributed by atoms with Crippen LogP contribution in [-0.2, 0) is 0 Å². The molecule has 0 bridgehead atoms. The average Bonchev–Trinajstić information content (AvgIpc) is 2.83. The maximum atomic E-state index is 6.36. The number of hydrogen-bond donors (Lipinski definition) is 2. The van der Waals surface area contributed by atoms with E-state index in [0.717, 1.165) is 29.5 Å². The highest BCUT2D eigenvalue weighted by molar-refractivity contribution is 5.81. The van der Waals surface area contributed by atoms with Crippen LogP contribution >= 0.6 is 0 Å². The van der Waals surface area contributed by atoms with Crippen LogP contribution in [-0.4, -0.2) is 12.6 Å². The fourth-order valence-corrected chi connectivity index (χ4v) is 2.66. The van der Waals surface area contributed by atoms with Gasteiger partial charge >= 0.3 is 0 Å². The number of para-hydroxylation sites is 1. The fourth-order valence-electron chi connectivity index (χ4n) is 2.66. The Morgan fingerprint density at radius 2 is 2.18 bits per heavy atom. The molecule has 1 aromatic heterocycles. The van der Waals surface area contributed by atoms with E-state index >= 15 is 0 Å². The quantitative estimate of drug-likeness (QED) is 0.833. The minimum absolute atomic E-state index is 0.0268. The SMILES string of the molecule is NC(c1coc2ccccc12)C1CCCCN1. The van der Waals surface area contributed by atoms with Gasteiger partial charge in [-0.3, -0.25) is 0 Å². The molecule has 0 spiro atoms. The van der Waals surface area contributed by atoms with Crippen molar-refractivity contribution in [2.75, 3.05) is 6.54 Å². The van der Waals surface area contributed by atoms with Crippen molar-refractivity contribution in [3.8, 4) is 0 Å². The van der Waals surface area contributed by atoms with Crippen molar-refractivity contribution in [3.05, 3.63) is 36.1 Å². The maximum absolute atomic E-state index is 6.36. The molecule has 17 heavy (non-hydrogen) atoms. The highest BCUT2D eigenvalue weighted by Gasteiger charge is 2.23. The molecule has 90 valence electrons. The third-order valence-electron chi connectivity index (χ3n) is 3.65. The fraction of sp³-hybridized carbons (Fsp3) is 0.429. The molecule has 1 saturated heterocycles. The van der Waals surface area contributed by atoms with E-state index in [0.29, 0.717) is 6.04 Å². The van der Waals surface area contributed by atoms with Crippen molar-refractivity contribution < 1.29 is 4.42 Å². The summed E-state index contributed by atoms with van der Waals surface area (Å²) in [5, 5.41) is 4.65. The predicted octanol–water partition coefficient (Wildman–Crippen LogP) is 2.57. The average molecular weight is 230 g/mol. The highest BCUT2D eigenvalue weighted by Crippen LogP contribution is 2.28. The van der Waals surface area contributed by atoms with Gasteiger partial charge in [0.05, 0.1) is 6.26 Å². The van der Waals surface area contributed by atoms with E-state index in [1.807, 2.05) is 24.5 Å². The van der Waals surface area contributed by atoms with Crippen LogP contribution < -0.4 is 11.1 Å². The summed E-state index contributed by atoms with van der Waals surface area (Å²) in [6.45, 7) is 1.08. The zero-order valence-corrected chi connectivity index (χ0v) is 9.86. The molecule has 0 amide bonds. The zero-order valence-electron chi connectivity index (χ0n) is 9.86. The maximum Gasteiger partial charge on any atom is 0.134 e. The van der Waals surface area contributed by atoms with Crippen molar-refractivity contribution in [3.63, 3.8) is 0 Å². The van der Waals surface area contributed by atoms with Crippen LogP contribution in [0.5, 0.6) is 0 Å². The Morgan fingerprint density at radius 1 is 1.29 bits per heavy atom. The van der Waals surface area contributed by atoms with E-state index in [1.54, 1.807) is 0 Å². The van der Waals surface area contributed by atoms with Gasteiger partial charge in [0.15, 0.2) is 0 Å². The number of furan rings is 1. The van der Waals surface area contributed by atoms with Crippen molar-refractivity contribution in [1.82, 2.24) is 5.32 Å². The zero-order chi connectivity index (χ0) is 11.7. The van der Waals surface area contributed by atoms with Crippen molar-refractivity contribution in [2.45, 2.75) is 31.3 Å². The summed E-state index contributed by atoms with van der Waals surface area (Å²) in [5.74, 6) is 0. The molecule has 3 heteroatoms. The van der Waals surface area contributed by atoms with Crippen molar-refractivity contribution in [1.29, 1.82) is 0 Å². The highest BCUT2D eigenvalue weighted by atomic mass is 16.3. The van der Waals surface area contributed by atoms with Gasteiger partial charge in [-0.25, -0.2) is 0 Å². The Morgan fingerprint density at radius 3 is 3.00 bits per heavy atom. The summed E-state index contributed by atoms with van der Waals surface area (Å²) in [4.78, 5) is 0. The smallest absolute Gasteiger partial charge is 0.134 e. The first kappa shape index (κ1) is 10.8. The van der Waals surface area contributed by atoms with Crippen LogP contribution in [0, 0.1) is 0 Å². The number of nitrogens with one attached hydrogen (secondary N) is 1. The molecular formula is C14H18N2O. The topological polar surface area (TPSA) is 51.2 Å². The summed E-state index contributed by atoms with van der Waals surface area (Å²) in [6.07, 6.45) is 5.49. The molecule has 3 N–H and O–H groups in total. The Kier molecular flexibility index (Phi) is 2.87. The van der Waals surface area contributed by atoms with E-state index in [4.69, 9.17) is 10.2 Å². The van der Waals surface area contributed by atoms with Crippen molar-refractivity contribution >= 4 is 11.0 Å². The van der Waals surface area contributed by atoms with E-state index < -0.39 is 0 Å². The molecule has 1 aliphatic rings. The number of fused-ring (bicyclic) bond motifs is 1. The molecular weight excluding hydrogens is 212 g/mol. The van der Waals surface area contributed by atoms with Gasteiger partial charge in [-0.15, -0.1) is 0 Å². The first-order valence-electron chi connectivity index (χ1n) is 6.31. The van der Waals surface area contributed by atoms with Gasteiger partial charge in [0.25, 0.3) is 0 Å². The third kappa shape index (κ3) is 1.96. The second-order valence-electron chi connectivity index (χ2n) is 4.77. The molecule has 1 aromatic carbocycles. The standard InChI is InChI=1S/C14H18N2O/c15-14(12-6-3-4-8-16-12)11-9-17-13-7-2-1-5-10(11)13/h1-2,5,7,9,12,14,16H,3-4,6,8,15H2.